The molecule has 3 N–H and O–H groups in total. The van der Waals surface area contributed by atoms with E-state index in [2.05, 4.69) is 31.8 Å². The summed E-state index contributed by atoms with van der Waals surface area (Å²) in [5.74, 6) is 2.75. The van der Waals surface area contributed by atoms with Crippen LogP contribution in [0.4, 0.5) is 23.1 Å². The van der Waals surface area contributed by atoms with Gasteiger partial charge in [-0.05, 0) is 67.4 Å². The molecule has 4 aromatic rings. The number of nitrogens with zero attached hydrogens (tertiary/aromatic N) is 4. The summed E-state index contributed by atoms with van der Waals surface area (Å²) in [7, 11) is 0. The number of aromatic amines is 1. The van der Waals surface area contributed by atoms with Gasteiger partial charge < -0.3 is 15.5 Å². The van der Waals surface area contributed by atoms with Crippen LogP contribution in [-0.4, -0.2) is 39.2 Å². The number of carbonyl (C=O) groups excluding carboxylic acids is 1. The highest BCUT2D eigenvalue weighted by molar-refractivity contribution is 7.99. The van der Waals surface area contributed by atoms with E-state index in [4.69, 9.17) is 21.6 Å². The number of hydrogen-bond donors (Lipinski definition) is 3. The number of anilines is 4. The number of nitrogens with one attached hydrogen (secondary N) is 3. The van der Waals surface area contributed by atoms with Gasteiger partial charge in [-0.15, -0.1) is 0 Å². The number of hydrogen-bond acceptors (Lipinski definition) is 7. The molecule has 10 heteroatoms. The van der Waals surface area contributed by atoms with Crippen LogP contribution in [0.1, 0.15) is 41.2 Å². The largest absolute Gasteiger partial charge is 0.356 e. The summed E-state index contributed by atoms with van der Waals surface area (Å²) in [6, 6.07) is 18.6. The fraction of sp³-hybridized carbons (Fsp3) is 0.231. The molecule has 0 unspecified atom stereocenters. The molecule has 2 fully saturated rings. The second-order valence-corrected chi connectivity index (χ2v) is 10.4. The quantitative estimate of drug-likeness (QED) is 0.243. The van der Waals surface area contributed by atoms with E-state index in [0.29, 0.717) is 33.2 Å². The predicted octanol–water partition coefficient (Wildman–Crippen LogP) is 6.09. The standard InChI is InChI=1S/C26H24ClN7OS/c27-20-5-2-1-4-19(20)25(35)28-17-8-10-18(11-9-17)36-26-30-22(15-24(31-26)34-12-3-13-34)29-23-14-21(32-33-23)16-6-7-16/h1-2,4-5,8-11,14-16H,3,6-7,12-13H2,(H,28,35)(H2,29,30,31,32,33). The smallest absolute Gasteiger partial charge is 0.257 e. The van der Waals surface area contributed by atoms with Gasteiger partial charge in [0.15, 0.2) is 11.0 Å². The van der Waals surface area contributed by atoms with Gasteiger partial charge in [-0.2, -0.15) is 5.10 Å². The average molecular weight is 518 g/mol. The van der Waals surface area contributed by atoms with Crippen LogP contribution in [0.15, 0.2) is 70.7 Å². The summed E-state index contributed by atoms with van der Waals surface area (Å²) >= 11 is 7.61. The second kappa shape index (κ2) is 9.83. The Morgan fingerprint density at radius 2 is 1.83 bits per heavy atom. The van der Waals surface area contributed by atoms with Crippen molar-refractivity contribution < 1.29 is 4.79 Å². The van der Waals surface area contributed by atoms with E-state index in [9.17, 15) is 4.79 Å². The zero-order valence-corrected chi connectivity index (χ0v) is 20.9. The molecule has 8 nitrogen and oxygen atoms in total. The van der Waals surface area contributed by atoms with Gasteiger partial charge in [-0.3, -0.25) is 9.89 Å². The maximum absolute atomic E-state index is 12.5. The van der Waals surface area contributed by atoms with Crippen LogP contribution in [0, 0.1) is 0 Å². The molecular formula is C26H24ClN7OS. The van der Waals surface area contributed by atoms with Gasteiger partial charge in [0, 0.05) is 47.4 Å². The average Bonchev–Trinajstić information content (AvgIpc) is 3.58. The molecule has 2 aromatic carbocycles. The molecular weight excluding hydrogens is 494 g/mol. The van der Waals surface area contributed by atoms with Crippen molar-refractivity contribution in [2.45, 2.75) is 35.2 Å². The van der Waals surface area contributed by atoms with E-state index >= 15 is 0 Å². The highest BCUT2D eigenvalue weighted by Gasteiger charge is 2.26. The Kier molecular flexibility index (Phi) is 6.25. The lowest BCUT2D eigenvalue weighted by Crippen LogP contribution is -2.37. The molecule has 1 saturated heterocycles. The maximum Gasteiger partial charge on any atom is 0.257 e. The molecule has 0 atom stereocenters. The molecule has 0 spiro atoms. The van der Waals surface area contributed by atoms with Crippen LogP contribution in [0.2, 0.25) is 5.02 Å². The number of H-pyrrole nitrogens is 1. The van der Waals surface area contributed by atoms with E-state index in [-0.39, 0.29) is 5.91 Å². The third kappa shape index (κ3) is 5.17. The van der Waals surface area contributed by atoms with Crippen molar-refractivity contribution in [2.75, 3.05) is 28.6 Å². The second-order valence-electron chi connectivity index (χ2n) is 8.90. The van der Waals surface area contributed by atoms with Gasteiger partial charge in [0.25, 0.3) is 5.91 Å². The molecule has 182 valence electrons. The van der Waals surface area contributed by atoms with Crippen LogP contribution in [0.25, 0.3) is 0 Å². The summed E-state index contributed by atoms with van der Waals surface area (Å²) in [6.07, 6.45) is 3.61. The lowest BCUT2D eigenvalue weighted by Gasteiger charge is -2.32. The Morgan fingerprint density at radius 3 is 2.56 bits per heavy atom. The lowest BCUT2D eigenvalue weighted by atomic mass is 10.2. The molecule has 0 bridgehead atoms. The van der Waals surface area contributed by atoms with E-state index in [1.54, 1.807) is 24.3 Å². The molecule has 1 saturated carbocycles. The minimum absolute atomic E-state index is 0.245. The highest BCUT2D eigenvalue weighted by atomic mass is 35.5. The van der Waals surface area contributed by atoms with Gasteiger partial charge in [-0.25, -0.2) is 9.97 Å². The van der Waals surface area contributed by atoms with Crippen molar-refractivity contribution in [3.05, 3.63) is 76.9 Å². The first-order valence-corrected chi connectivity index (χ1v) is 13.1. The Hall–Kier alpha value is -3.56. The first-order chi connectivity index (χ1) is 17.6. The fourth-order valence-corrected chi connectivity index (χ4v) is 4.91. The number of halogens is 1. The Morgan fingerprint density at radius 1 is 1.03 bits per heavy atom. The number of carbonyl (C=O) groups is 1. The predicted molar refractivity (Wildman–Crippen MR) is 143 cm³/mol. The topological polar surface area (TPSA) is 98.8 Å². The number of amides is 1. The molecule has 2 aromatic heterocycles. The summed E-state index contributed by atoms with van der Waals surface area (Å²) in [5.41, 5.74) is 2.30. The number of rotatable bonds is 8. The minimum Gasteiger partial charge on any atom is -0.356 e. The third-order valence-corrected chi connectivity index (χ3v) is 7.39. The van der Waals surface area contributed by atoms with Gasteiger partial charge >= 0.3 is 0 Å². The van der Waals surface area contributed by atoms with Crippen LogP contribution in [0.5, 0.6) is 0 Å². The summed E-state index contributed by atoms with van der Waals surface area (Å²) in [5, 5.41) is 14.8. The van der Waals surface area contributed by atoms with Crippen molar-refractivity contribution in [3.8, 4) is 0 Å². The highest BCUT2D eigenvalue weighted by Crippen LogP contribution is 2.40. The zero-order chi connectivity index (χ0) is 24.5. The Bertz CT molecular complexity index is 1400. The number of benzene rings is 2. The van der Waals surface area contributed by atoms with Crippen molar-refractivity contribution >= 4 is 52.4 Å². The summed E-state index contributed by atoms with van der Waals surface area (Å²) < 4.78 is 0. The van der Waals surface area contributed by atoms with E-state index in [1.165, 1.54) is 36.7 Å². The van der Waals surface area contributed by atoms with Crippen molar-refractivity contribution in [1.82, 2.24) is 20.2 Å². The van der Waals surface area contributed by atoms with Crippen LogP contribution >= 0.6 is 23.4 Å². The first-order valence-electron chi connectivity index (χ1n) is 11.9. The number of aromatic nitrogens is 4. The first kappa shape index (κ1) is 22.9. The van der Waals surface area contributed by atoms with Crippen LogP contribution in [0.3, 0.4) is 0 Å². The fourth-order valence-electron chi connectivity index (χ4n) is 3.92. The molecule has 3 heterocycles. The Balaban J connectivity index is 1.17. The third-order valence-electron chi connectivity index (χ3n) is 6.18. The van der Waals surface area contributed by atoms with Crippen molar-refractivity contribution in [1.29, 1.82) is 0 Å². The molecule has 2 aliphatic rings. The summed E-state index contributed by atoms with van der Waals surface area (Å²) in [6.45, 7) is 1.99. The molecule has 1 aliphatic heterocycles. The van der Waals surface area contributed by atoms with Gasteiger partial charge in [0.2, 0.25) is 0 Å². The molecule has 36 heavy (non-hydrogen) atoms. The molecule has 6 rings (SSSR count). The lowest BCUT2D eigenvalue weighted by molar-refractivity contribution is 0.102. The minimum atomic E-state index is -0.245. The van der Waals surface area contributed by atoms with Crippen molar-refractivity contribution in [2.24, 2.45) is 0 Å². The monoisotopic (exact) mass is 517 g/mol. The molecule has 1 amide bonds. The molecule has 1 aliphatic carbocycles. The normalized spacial score (nSPS) is 14.9. The maximum atomic E-state index is 12.5. The van der Waals surface area contributed by atoms with E-state index in [0.717, 1.165) is 29.6 Å². The van der Waals surface area contributed by atoms with Crippen LogP contribution < -0.4 is 15.5 Å². The van der Waals surface area contributed by atoms with Gasteiger partial charge in [0.1, 0.15) is 11.6 Å². The zero-order valence-electron chi connectivity index (χ0n) is 19.4. The van der Waals surface area contributed by atoms with Crippen LogP contribution in [-0.2, 0) is 0 Å². The van der Waals surface area contributed by atoms with Gasteiger partial charge in [0.05, 0.1) is 10.6 Å². The van der Waals surface area contributed by atoms with Gasteiger partial charge in [-0.1, -0.05) is 23.7 Å². The Labute approximate surface area is 217 Å². The SMILES string of the molecule is O=C(Nc1ccc(Sc2nc(Nc3cc(C4CC4)[nH]n3)cc(N3CCC3)n2)cc1)c1ccccc1Cl. The van der Waals surface area contributed by atoms with E-state index in [1.807, 2.05) is 30.3 Å². The van der Waals surface area contributed by atoms with Crippen molar-refractivity contribution in [3.63, 3.8) is 0 Å². The summed E-state index contributed by atoms with van der Waals surface area (Å²) in [4.78, 5) is 25.3. The van der Waals surface area contributed by atoms with E-state index < -0.39 is 0 Å². The molecule has 0 radical (unpaired) electrons.